The van der Waals surface area contributed by atoms with E-state index in [9.17, 15) is 10.2 Å². The van der Waals surface area contributed by atoms with E-state index in [1.807, 2.05) is 19.1 Å². The third kappa shape index (κ3) is 2.85. The number of fused-ring (bicyclic) bond motifs is 2. The minimum atomic E-state index is -0.245. The first-order valence-electron chi connectivity index (χ1n) is 10.1. The van der Waals surface area contributed by atoms with Gasteiger partial charge < -0.3 is 24.6 Å². The van der Waals surface area contributed by atoms with Crippen LogP contribution in [0.25, 0.3) is 11.3 Å². The summed E-state index contributed by atoms with van der Waals surface area (Å²) in [6.45, 7) is 3.86. The Morgan fingerprint density at radius 1 is 1.11 bits per heavy atom. The van der Waals surface area contributed by atoms with E-state index in [4.69, 9.17) is 9.47 Å². The minimum absolute atomic E-state index is 0.227. The SMILES string of the molecule is Cc1cc2c(c(O)c1-c1cc3c(nn1)N([C@@H]1CCCC(O)C1)CCO3)CCO2. The highest BCUT2D eigenvalue weighted by Gasteiger charge is 2.32. The first kappa shape index (κ1) is 17.6. The highest BCUT2D eigenvalue weighted by Crippen LogP contribution is 2.44. The first-order valence-corrected chi connectivity index (χ1v) is 10.1. The molecule has 3 heterocycles. The number of aromatic hydroxyl groups is 1. The molecule has 0 radical (unpaired) electrons. The predicted molar refractivity (Wildman–Crippen MR) is 104 cm³/mol. The smallest absolute Gasteiger partial charge is 0.194 e. The van der Waals surface area contributed by atoms with Crippen molar-refractivity contribution >= 4 is 5.82 Å². The van der Waals surface area contributed by atoms with Gasteiger partial charge in [-0.1, -0.05) is 0 Å². The van der Waals surface area contributed by atoms with Gasteiger partial charge in [-0.15, -0.1) is 10.2 Å². The van der Waals surface area contributed by atoms with Crippen LogP contribution in [0.3, 0.4) is 0 Å². The van der Waals surface area contributed by atoms with E-state index in [1.165, 1.54) is 0 Å². The molecule has 1 aromatic heterocycles. The van der Waals surface area contributed by atoms with Crippen LogP contribution in [-0.2, 0) is 6.42 Å². The molecule has 1 saturated carbocycles. The van der Waals surface area contributed by atoms with Crippen molar-refractivity contribution in [2.45, 2.75) is 51.2 Å². The molecule has 1 aliphatic carbocycles. The lowest BCUT2D eigenvalue weighted by atomic mass is 9.91. The molecule has 1 aromatic carbocycles. The fourth-order valence-corrected chi connectivity index (χ4v) is 4.70. The zero-order valence-electron chi connectivity index (χ0n) is 16.0. The molecule has 3 aliphatic rings. The molecule has 148 valence electrons. The maximum absolute atomic E-state index is 10.8. The number of ether oxygens (including phenoxy) is 2. The third-order valence-electron chi connectivity index (χ3n) is 6.09. The van der Waals surface area contributed by atoms with E-state index in [1.54, 1.807) is 0 Å². The van der Waals surface area contributed by atoms with Gasteiger partial charge in [-0.25, -0.2) is 0 Å². The lowest BCUT2D eigenvalue weighted by molar-refractivity contribution is 0.116. The standard InChI is InChI=1S/C21H25N3O4/c1-12-9-17-15(5-7-27-17)20(26)19(12)16-11-18-21(23-22-16)24(6-8-28-18)13-3-2-4-14(25)10-13/h9,11,13-14,25-26H,2-8,10H2,1H3/t13-,14?/m1/s1. The number of hydrogen-bond donors (Lipinski definition) is 2. The normalized spacial score (nSPS) is 23.6. The molecule has 1 unspecified atom stereocenters. The van der Waals surface area contributed by atoms with E-state index >= 15 is 0 Å². The van der Waals surface area contributed by atoms with E-state index in [0.29, 0.717) is 36.6 Å². The molecule has 2 aliphatic heterocycles. The van der Waals surface area contributed by atoms with Crippen LogP contribution >= 0.6 is 0 Å². The monoisotopic (exact) mass is 383 g/mol. The highest BCUT2D eigenvalue weighted by molar-refractivity contribution is 5.76. The summed E-state index contributed by atoms with van der Waals surface area (Å²) in [7, 11) is 0. The number of aliphatic hydroxyl groups is 1. The number of benzene rings is 1. The van der Waals surface area contributed by atoms with Crippen molar-refractivity contribution in [2.24, 2.45) is 0 Å². The van der Waals surface area contributed by atoms with Gasteiger partial charge in [0.1, 0.15) is 23.8 Å². The van der Waals surface area contributed by atoms with Crippen molar-refractivity contribution in [3.8, 4) is 28.5 Å². The van der Waals surface area contributed by atoms with Crippen LogP contribution in [0.5, 0.6) is 17.2 Å². The van der Waals surface area contributed by atoms with Gasteiger partial charge >= 0.3 is 0 Å². The quantitative estimate of drug-likeness (QED) is 0.824. The molecule has 0 bridgehead atoms. The second-order valence-electron chi connectivity index (χ2n) is 7.93. The van der Waals surface area contributed by atoms with Crippen molar-refractivity contribution in [1.82, 2.24) is 10.2 Å². The van der Waals surface area contributed by atoms with Crippen LogP contribution in [0.15, 0.2) is 12.1 Å². The maximum atomic E-state index is 10.8. The second-order valence-corrected chi connectivity index (χ2v) is 7.93. The fourth-order valence-electron chi connectivity index (χ4n) is 4.70. The van der Waals surface area contributed by atoms with E-state index < -0.39 is 0 Å². The van der Waals surface area contributed by atoms with Gasteiger partial charge in [-0.05, 0) is 44.2 Å². The number of aromatic nitrogens is 2. The van der Waals surface area contributed by atoms with Gasteiger partial charge in [0.2, 0.25) is 0 Å². The molecule has 0 saturated heterocycles. The summed E-state index contributed by atoms with van der Waals surface area (Å²) in [5, 5.41) is 29.8. The van der Waals surface area contributed by atoms with Crippen molar-refractivity contribution < 1.29 is 19.7 Å². The van der Waals surface area contributed by atoms with E-state index in [-0.39, 0.29) is 17.9 Å². The highest BCUT2D eigenvalue weighted by atomic mass is 16.5. The van der Waals surface area contributed by atoms with Gasteiger partial charge in [0.25, 0.3) is 0 Å². The molecule has 2 atom stereocenters. The summed E-state index contributed by atoms with van der Waals surface area (Å²) in [6.07, 6.45) is 4.15. The summed E-state index contributed by atoms with van der Waals surface area (Å²) in [4.78, 5) is 2.22. The van der Waals surface area contributed by atoms with Crippen LogP contribution in [-0.4, -0.2) is 52.3 Å². The van der Waals surface area contributed by atoms with Crippen LogP contribution in [0.4, 0.5) is 5.82 Å². The third-order valence-corrected chi connectivity index (χ3v) is 6.09. The Labute approximate surface area is 163 Å². The van der Waals surface area contributed by atoms with Crippen molar-refractivity contribution in [3.05, 3.63) is 23.3 Å². The van der Waals surface area contributed by atoms with Gasteiger partial charge in [0.05, 0.1) is 19.3 Å². The molecule has 5 rings (SSSR count). The summed E-state index contributed by atoms with van der Waals surface area (Å²) in [5.41, 5.74) is 3.02. The summed E-state index contributed by atoms with van der Waals surface area (Å²) < 4.78 is 11.5. The Morgan fingerprint density at radius 3 is 2.82 bits per heavy atom. The Balaban J connectivity index is 1.52. The Morgan fingerprint density at radius 2 is 1.96 bits per heavy atom. The first-order chi connectivity index (χ1) is 13.6. The molecular formula is C21H25N3O4. The second kappa shape index (κ2) is 6.81. The van der Waals surface area contributed by atoms with Gasteiger partial charge in [0, 0.05) is 29.7 Å². The number of rotatable bonds is 2. The number of nitrogens with zero attached hydrogens (tertiary/aromatic N) is 3. The van der Waals surface area contributed by atoms with Crippen molar-refractivity contribution in [3.63, 3.8) is 0 Å². The molecule has 2 aromatic rings. The predicted octanol–water partition coefficient (Wildman–Crippen LogP) is 2.59. The summed E-state index contributed by atoms with van der Waals surface area (Å²) in [6, 6.07) is 4.09. The number of phenols is 1. The van der Waals surface area contributed by atoms with E-state index in [2.05, 4.69) is 15.1 Å². The molecule has 1 fully saturated rings. The summed E-state index contributed by atoms with van der Waals surface area (Å²) >= 11 is 0. The average molecular weight is 383 g/mol. The molecular weight excluding hydrogens is 358 g/mol. The maximum Gasteiger partial charge on any atom is 0.194 e. The molecule has 28 heavy (non-hydrogen) atoms. The van der Waals surface area contributed by atoms with Crippen molar-refractivity contribution in [1.29, 1.82) is 0 Å². The molecule has 2 N–H and O–H groups in total. The van der Waals surface area contributed by atoms with Crippen LogP contribution in [0.2, 0.25) is 0 Å². The number of phenolic OH excluding ortho intramolecular Hbond substituents is 1. The van der Waals surface area contributed by atoms with Gasteiger partial charge in [-0.2, -0.15) is 0 Å². The van der Waals surface area contributed by atoms with E-state index in [0.717, 1.165) is 54.9 Å². The number of hydrogen-bond acceptors (Lipinski definition) is 7. The van der Waals surface area contributed by atoms with Crippen LogP contribution in [0, 0.1) is 6.92 Å². The molecule has 7 nitrogen and oxygen atoms in total. The Kier molecular flexibility index (Phi) is 4.27. The number of anilines is 1. The zero-order valence-corrected chi connectivity index (χ0v) is 16.0. The molecule has 0 spiro atoms. The van der Waals surface area contributed by atoms with Crippen LogP contribution in [0.1, 0.15) is 36.8 Å². The minimum Gasteiger partial charge on any atom is -0.507 e. The Hall–Kier alpha value is -2.54. The van der Waals surface area contributed by atoms with Crippen LogP contribution < -0.4 is 14.4 Å². The topological polar surface area (TPSA) is 87.9 Å². The van der Waals surface area contributed by atoms with Gasteiger partial charge in [0.15, 0.2) is 11.6 Å². The largest absolute Gasteiger partial charge is 0.507 e. The summed E-state index contributed by atoms with van der Waals surface area (Å²) in [5.74, 6) is 2.40. The number of aliphatic hydroxyl groups excluding tert-OH is 1. The Bertz CT molecular complexity index is 917. The lowest BCUT2D eigenvalue weighted by Gasteiger charge is -2.39. The molecule has 0 amide bonds. The lowest BCUT2D eigenvalue weighted by Crippen LogP contribution is -2.45. The zero-order chi connectivity index (χ0) is 19.3. The average Bonchev–Trinajstić information content (AvgIpc) is 3.16. The van der Waals surface area contributed by atoms with Gasteiger partial charge in [-0.3, -0.25) is 0 Å². The van der Waals surface area contributed by atoms with Crippen molar-refractivity contribution in [2.75, 3.05) is 24.7 Å². The number of aryl methyl sites for hydroxylation is 1. The fraction of sp³-hybridized carbons (Fsp3) is 0.524. The molecule has 7 heteroatoms.